The third-order valence-corrected chi connectivity index (χ3v) is 10.7. The highest BCUT2D eigenvalue weighted by Crippen LogP contribution is 2.31. The molecular weight excluding hydrogens is 498 g/mol. The van der Waals surface area contributed by atoms with Gasteiger partial charge in [-0.1, -0.05) is 53.3 Å². The van der Waals surface area contributed by atoms with Crippen molar-refractivity contribution in [2.24, 2.45) is 10.9 Å². The number of benzene rings is 2. The van der Waals surface area contributed by atoms with Crippen LogP contribution in [0.2, 0.25) is 4.34 Å². The topological polar surface area (TPSA) is 71.7 Å². The first-order valence-corrected chi connectivity index (χ1v) is 14.2. The number of rotatable bonds is 4. The number of nitrogens with zero attached hydrogens (tertiary/aromatic N) is 3. The molecule has 2 aromatic heterocycles. The molecule has 0 bridgehead atoms. The maximum Gasteiger partial charge on any atom is 0.252 e. The molecule has 0 spiro atoms. The maximum absolute atomic E-state index is 13.2. The van der Waals surface area contributed by atoms with Crippen molar-refractivity contribution in [3.63, 3.8) is 0 Å². The zero-order chi connectivity index (χ0) is 23.2. The number of carbonyl (C=O) groups excluding carboxylic acids is 1. The fourth-order valence-corrected chi connectivity index (χ4v) is 8.70. The summed E-state index contributed by atoms with van der Waals surface area (Å²) in [4.78, 5) is 18.3. The fourth-order valence-electron chi connectivity index (χ4n) is 4.30. The lowest BCUT2D eigenvalue weighted by Gasteiger charge is -2.29. The number of aromatic nitrogens is 1. The molecular formula is C23H22ClN3O3S3. The highest BCUT2D eigenvalue weighted by molar-refractivity contribution is 7.91. The molecule has 10 heteroatoms. The molecule has 5 rings (SSSR count). The predicted octanol–water partition coefficient (Wildman–Crippen LogP) is 5.12. The van der Waals surface area contributed by atoms with Crippen molar-refractivity contribution in [2.45, 2.75) is 30.5 Å². The zero-order valence-electron chi connectivity index (χ0n) is 17.9. The number of piperidine rings is 1. The highest BCUT2D eigenvalue weighted by atomic mass is 35.5. The molecule has 0 aliphatic carbocycles. The van der Waals surface area contributed by atoms with E-state index in [0.717, 1.165) is 32.3 Å². The van der Waals surface area contributed by atoms with Crippen LogP contribution in [-0.4, -0.2) is 36.3 Å². The quantitative estimate of drug-likeness (QED) is 0.375. The van der Waals surface area contributed by atoms with Gasteiger partial charge in [-0.3, -0.25) is 4.79 Å². The molecule has 1 aliphatic heterocycles. The normalized spacial score (nSPS) is 18.4. The van der Waals surface area contributed by atoms with Crippen molar-refractivity contribution in [1.29, 1.82) is 0 Å². The van der Waals surface area contributed by atoms with E-state index in [1.54, 1.807) is 6.07 Å². The van der Waals surface area contributed by atoms with E-state index in [1.807, 2.05) is 19.1 Å². The molecule has 0 saturated carbocycles. The van der Waals surface area contributed by atoms with Crippen molar-refractivity contribution in [3.8, 4) is 0 Å². The van der Waals surface area contributed by atoms with Crippen molar-refractivity contribution in [3.05, 3.63) is 57.7 Å². The zero-order valence-corrected chi connectivity index (χ0v) is 21.1. The van der Waals surface area contributed by atoms with Gasteiger partial charge in [0.2, 0.25) is 0 Å². The summed E-state index contributed by atoms with van der Waals surface area (Å²) in [6, 6.07) is 15.4. The van der Waals surface area contributed by atoms with Crippen LogP contribution in [0.25, 0.3) is 21.0 Å². The summed E-state index contributed by atoms with van der Waals surface area (Å²) in [6.07, 6.45) is 1.24. The van der Waals surface area contributed by atoms with Gasteiger partial charge < -0.3 is 4.57 Å². The lowest BCUT2D eigenvalue weighted by Crippen LogP contribution is -2.42. The molecule has 1 unspecified atom stereocenters. The minimum Gasteiger partial charge on any atom is -0.317 e. The Kier molecular flexibility index (Phi) is 6.17. The average Bonchev–Trinajstić information content (AvgIpc) is 3.42. The third-order valence-electron chi connectivity index (χ3n) is 5.97. The number of sulfonamides is 1. The van der Waals surface area contributed by atoms with E-state index in [2.05, 4.69) is 33.8 Å². The Balaban J connectivity index is 1.48. The summed E-state index contributed by atoms with van der Waals surface area (Å²) < 4.78 is 31.2. The predicted molar refractivity (Wildman–Crippen MR) is 134 cm³/mol. The molecule has 1 fully saturated rings. The summed E-state index contributed by atoms with van der Waals surface area (Å²) in [5, 5.41) is 2.29. The highest BCUT2D eigenvalue weighted by Gasteiger charge is 2.34. The van der Waals surface area contributed by atoms with Crippen LogP contribution in [0.4, 0.5) is 0 Å². The summed E-state index contributed by atoms with van der Waals surface area (Å²) >= 11 is 8.48. The van der Waals surface area contributed by atoms with Gasteiger partial charge in [-0.2, -0.15) is 9.30 Å². The van der Waals surface area contributed by atoms with Crippen molar-refractivity contribution in [2.75, 3.05) is 13.1 Å². The van der Waals surface area contributed by atoms with Gasteiger partial charge in [0.25, 0.3) is 15.9 Å². The Morgan fingerprint density at radius 1 is 1.15 bits per heavy atom. The number of hydrogen-bond donors (Lipinski definition) is 0. The van der Waals surface area contributed by atoms with Crippen LogP contribution >= 0.6 is 34.3 Å². The number of thiophene rings is 1. The van der Waals surface area contributed by atoms with Gasteiger partial charge in [-0.25, -0.2) is 8.42 Å². The Hall–Kier alpha value is -2.04. The van der Waals surface area contributed by atoms with Crippen LogP contribution in [0.1, 0.15) is 19.8 Å². The maximum atomic E-state index is 13.2. The lowest BCUT2D eigenvalue weighted by atomic mass is 9.99. The summed E-state index contributed by atoms with van der Waals surface area (Å²) in [6.45, 7) is 3.26. The number of thiazole rings is 1. The molecule has 0 radical (unpaired) electrons. The number of fused-ring (bicyclic) bond motifs is 3. The van der Waals surface area contributed by atoms with Gasteiger partial charge >= 0.3 is 0 Å². The molecule has 3 heterocycles. The first-order valence-electron chi connectivity index (χ1n) is 10.7. The first-order chi connectivity index (χ1) is 15.9. The number of aryl methyl sites for hydroxylation is 1. The monoisotopic (exact) mass is 519 g/mol. The molecule has 2 aromatic carbocycles. The van der Waals surface area contributed by atoms with Gasteiger partial charge in [0.15, 0.2) is 4.80 Å². The van der Waals surface area contributed by atoms with Crippen molar-refractivity contribution in [1.82, 2.24) is 8.87 Å². The Morgan fingerprint density at radius 2 is 1.97 bits per heavy atom. The molecule has 4 aromatic rings. The second-order valence-corrected chi connectivity index (χ2v) is 12.8. The molecule has 1 atom stereocenters. The first kappa shape index (κ1) is 22.7. The van der Waals surface area contributed by atoms with E-state index in [1.165, 1.54) is 21.7 Å². The van der Waals surface area contributed by atoms with E-state index in [4.69, 9.17) is 11.6 Å². The van der Waals surface area contributed by atoms with E-state index in [-0.39, 0.29) is 16.7 Å². The molecule has 1 amide bonds. The van der Waals surface area contributed by atoms with Crippen LogP contribution in [0.5, 0.6) is 0 Å². The van der Waals surface area contributed by atoms with Crippen LogP contribution in [-0.2, 0) is 21.4 Å². The summed E-state index contributed by atoms with van der Waals surface area (Å²) in [7, 11) is -3.67. The van der Waals surface area contributed by atoms with E-state index in [9.17, 15) is 13.2 Å². The number of carbonyl (C=O) groups is 1. The Bertz CT molecular complexity index is 1530. The second kappa shape index (κ2) is 8.96. The van der Waals surface area contributed by atoms with Gasteiger partial charge in [0.1, 0.15) is 4.21 Å². The minimum absolute atomic E-state index is 0.139. The Morgan fingerprint density at radius 3 is 2.73 bits per heavy atom. The largest absolute Gasteiger partial charge is 0.317 e. The molecule has 1 aliphatic rings. The fraction of sp³-hybridized carbons (Fsp3) is 0.304. The standard InChI is InChI=1S/C23H22ClN3O3S3/c1-2-27-18-10-9-15-6-3-4-8-17(15)21(18)32-23(27)25-22(28)16-7-5-13-26(14-16)33(29,30)20-12-11-19(24)31-20/h3-4,6,8-12,16H,2,5,7,13-14H2,1H3. The average molecular weight is 520 g/mol. The van der Waals surface area contributed by atoms with E-state index < -0.39 is 15.9 Å². The number of amides is 1. The van der Waals surface area contributed by atoms with Gasteiger partial charge in [0, 0.05) is 25.0 Å². The van der Waals surface area contributed by atoms with E-state index in [0.29, 0.717) is 35.1 Å². The third kappa shape index (κ3) is 4.17. The molecule has 172 valence electrons. The Labute approximate surface area is 204 Å². The molecule has 1 saturated heterocycles. The van der Waals surface area contributed by atoms with Crippen LogP contribution in [0, 0.1) is 5.92 Å². The molecule has 0 N–H and O–H groups in total. The minimum atomic E-state index is -3.67. The van der Waals surface area contributed by atoms with Gasteiger partial charge in [-0.15, -0.1) is 11.3 Å². The summed E-state index contributed by atoms with van der Waals surface area (Å²) in [5.41, 5.74) is 1.05. The SMILES string of the molecule is CCn1c(=NC(=O)C2CCCN(S(=O)(=O)c3ccc(Cl)s3)C2)sc2c3ccccc3ccc21. The van der Waals surface area contributed by atoms with Crippen LogP contribution in [0.15, 0.2) is 57.7 Å². The van der Waals surface area contributed by atoms with Gasteiger partial charge in [0.05, 0.1) is 20.5 Å². The summed E-state index contributed by atoms with van der Waals surface area (Å²) in [5.74, 6) is -0.728. The van der Waals surface area contributed by atoms with Crippen LogP contribution < -0.4 is 4.80 Å². The molecule has 6 nitrogen and oxygen atoms in total. The number of hydrogen-bond acceptors (Lipinski definition) is 5. The van der Waals surface area contributed by atoms with Crippen molar-refractivity contribution >= 4 is 71.2 Å². The smallest absolute Gasteiger partial charge is 0.252 e. The van der Waals surface area contributed by atoms with Gasteiger partial charge in [-0.05, 0) is 43.4 Å². The molecule has 33 heavy (non-hydrogen) atoms. The lowest BCUT2D eigenvalue weighted by molar-refractivity contribution is -0.122. The number of halogens is 1. The second-order valence-electron chi connectivity index (χ2n) is 7.97. The van der Waals surface area contributed by atoms with Crippen LogP contribution in [0.3, 0.4) is 0 Å². The van der Waals surface area contributed by atoms with E-state index >= 15 is 0 Å². The van der Waals surface area contributed by atoms with Crippen molar-refractivity contribution < 1.29 is 13.2 Å².